The highest BCUT2D eigenvalue weighted by molar-refractivity contribution is 5.20. The Morgan fingerprint density at radius 2 is 2.17 bits per heavy atom. The van der Waals surface area contributed by atoms with Crippen molar-refractivity contribution in [1.82, 2.24) is 10.2 Å². The van der Waals surface area contributed by atoms with Crippen molar-refractivity contribution in [2.24, 2.45) is 0 Å². The molecule has 1 heterocycles. The minimum absolute atomic E-state index is 0.461. The molecule has 1 aromatic rings. The molecule has 0 bridgehead atoms. The Balaban J connectivity index is 2.09. The van der Waals surface area contributed by atoms with E-state index in [0.29, 0.717) is 12.1 Å². The van der Waals surface area contributed by atoms with Gasteiger partial charge < -0.3 is 5.32 Å². The maximum Gasteiger partial charge on any atom is 0.0473 e. The second-order valence-corrected chi connectivity index (χ2v) is 4.89. The van der Waals surface area contributed by atoms with E-state index in [9.17, 15) is 0 Å². The lowest BCUT2D eigenvalue weighted by Crippen LogP contribution is -2.52. The van der Waals surface area contributed by atoms with Crippen molar-refractivity contribution in [1.29, 1.82) is 0 Å². The summed E-state index contributed by atoms with van der Waals surface area (Å²) in [6.45, 7) is 5.35. The van der Waals surface area contributed by atoms with Crippen LogP contribution in [-0.2, 0) is 0 Å². The molecule has 2 heteroatoms. The fraction of sp³-hybridized carbons (Fsp3) is 0.500. The van der Waals surface area contributed by atoms with Gasteiger partial charge in [0.05, 0.1) is 0 Å². The molecule has 2 unspecified atom stereocenters. The number of benzene rings is 1. The van der Waals surface area contributed by atoms with E-state index >= 15 is 0 Å². The highest BCUT2D eigenvalue weighted by Crippen LogP contribution is 2.24. The molecule has 1 N–H and O–H groups in total. The van der Waals surface area contributed by atoms with Crippen molar-refractivity contribution in [3.8, 4) is 12.3 Å². The molecule has 0 amide bonds. The predicted octanol–water partition coefficient (Wildman–Crippen LogP) is 2.43. The Morgan fingerprint density at radius 1 is 1.39 bits per heavy atom. The van der Waals surface area contributed by atoms with Crippen LogP contribution in [0.25, 0.3) is 0 Å². The molecule has 1 saturated heterocycles. The molecular formula is C16H22N2. The van der Waals surface area contributed by atoms with E-state index < -0.39 is 0 Å². The van der Waals surface area contributed by atoms with Gasteiger partial charge in [-0.2, -0.15) is 0 Å². The summed E-state index contributed by atoms with van der Waals surface area (Å²) in [4.78, 5) is 2.53. The SMILES string of the molecule is C#CCCN1CC(CC)NCC1c1ccccc1. The molecular weight excluding hydrogens is 220 g/mol. The Hall–Kier alpha value is -1.30. The first kappa shape index (κ1) is 13.1. The van der Waals surface area contributed by atoms with Gasteiger partial charge in [-0.3, -0.25) is 4.90 Å². The lowest BCUT2D eigenvalue weighted by Gasteiger charge is -2.40. The molecule has 1 aromatic carbocycles. The molecule has 96 valence electrons. The second kappa shape index (κ2) is 6.58. The summed E-state index contributed by atoms with van der Waals surface area (Å²) in [6.07, 6.45) is 7.41. The molecule has 2 nitrogen and oxygen atoms in total. The molecule has 0 radical (unpaired) electrons. The van der Waals surface area contributed by atoms with Gasteiger partial charge in [0.25, 0.3) is 0 Å². The Bertz CT molecular complexity index is 393. The smallest absolute Gasteiger partial charge is 0.0473 e. The number of rotatable bonds is 4. The Kier molecular flexibility index (Phi) is 4.81. The van der Waals surface area contributed by atoms with Gasteiger partial charge >= 0.3 is 0 Å². The van der Waals surface area contributed by atoms with Gasteiger partial charge in [0.15, 0.2) is 0 Å². The van der Waals surface area contributed by atoms with E-state index in [1.807, 2.05) is 0 Å². The van der Waals surface area contributed by atoms with Crippen LogP contribution in [0.1, 0.15) is 31.4 Å². The van der Waals surface area contributed by atoms with Crippen LogP contribution in [0.4, 0.5) is 0 Å². The molecule has 2 rings (SSSR count). The van der Waals surface area contributed by atoms with Gasteiger partial charge in [-0.1, -0.05) is 37.3 Å². The summed E-state index contributed by atoms with van der Waals surface area (Å²) in [5.74, 6) is 2.76. The van der Waals surface area contributed by atoms with Crippen LogP contribution in [-0.4, -0.2) is 30.6 Å². The summed E-state index contributed by atoms with van der Waals surface area (Å²) < 4.78 is 0. The van der Waals surface area contributed by atoms with Crippen molar-refractivity contribution in [3.05, 3.63) is 35.9 Å². The van der Waals surface area contributed by atoms with E-state index in [1.165, 1.54) is 12.0 Å². The Labute approximate surface area is 110 Å². The number of nitrogens with one attached hydrogen (secondary N) is 1. The Morgan fingerprint density at radius 3 is 2.83 bits per heavy atom. The topological polar surface area (TPSA) is 15.3 Å². The first-order valence-corrected chi connectivity index (χ1v) is 6.81. The fourth-order valence-electron chi connectivity index (χ4n) is 2.61. The zero-order valence-corrected chi connectivity index (χ0v) is 11.1. The van der Waals surface area contributed by atoms with Crippen molar-refractivity contribution in [2.45, 2.75) is 31.8 Å². The van der Waals surface area contributed by atoms with Gasteiger partial charge in [-0.05, 0) is 12.0 Å². The number of hydrogen-bond acceptors (Lipinski definition) is 2. The van der Waals surface area contributed by atoms with Gasteiger partial charge in [-0.15, -0.1) is 12.3 Å². The molecule has 0 spiro atoms. The lowest BCUT2D eigenvalue weighted by atomic mass is 10.00. The van der Waals surface area contributed by atoms with Crippen molar-refractivity contribution in [2.75, 3.05) is 19.6 Å². The van der Waals surface area contributed by atoms with E-state index in [1.54, 1.807) is 0 Å². The van der Waals surface area contributed by atoms with Crippen LogP contribution in [0, 0.1) is 12.3 Å². The normalized spacial score (nSPS) is 24.7. The summed E-state index contributed by atoms with van der Waals surface area (Å²) in [7, 11) is 0. The van der Waals surface area contributed by atoms with E-state index in [4.69, 9.17) is 6.42 Å². The highest BCUT2D eigenvalue weighted by Gasteiger charge is 2.27. The standard InChI is InChI=1S/C16H22N2/c1-3-5-11-18-13-15(4-2)17-12-16(18)14-9-7-6-8-10-14/h1,6-10,15-17H,4-5,11-13H2,2H3. The zero-order chi connectivity index (χ0) is 12.8. The van der Waals surface area contributed by atoms with Crippen LogP contribution in [0.5, 0.6) is 0 Å². The third kappa shape index (κ3) is 3.13. The van der Waals surface area contributed by atoms with Crippen molar-refractivity contribution < 1.29 is 0 Å². The third-order valence-corrected chi connectivity index (χ3v) is 3.72. The fourth-order valence-corrected chi connectivity index (χ4v) is 2.61. The van der Waals surface area contributed by atoms with Crippen molar-refractivity contribution in [3.63, 3.8) is 0 Å². The maximum atomic E-state index is 5.40. The largest absolute Gasteiger partial charge is 0.311 e. The van der Waals surface area contributed by atoms with E-state index in [2.05, 4.69) is 53.4 Å². The third-order valence-electron chi connectivity index (χ3n) is 3.72. The average Bonchev–Trinajstić information content (AvgIpc) is 2.45. The summed E-state index contributed by atoms with van der Waals surface area (Å²) in [6, 6.07) is 11.8. The quantitative estimate of drug-likeness (QED) is 0.816. The van der Waals surface area contributed by atoms with Gasteiger partial charge in [0, 0.05) is 38.1 Å². The average molecular weight is 242 g/mol. The highest BCUT2D eigenvalue weighted by atomic mass is 15.2. The minimum atomic E-state index is 0.461. The first-order valence-electron chi connectivity index (χ1n) is 6.81. The summed E-state index contributed by atoms with van der Waals surface area (Å²) in [5.41, 5.74) is 1.39. The van der Waals surface area contributed by atoms with E-state index in [0.717, 1.165) is 26.1 Å². The second-order valence-electron chi connectivity index (χ2n) is 4.89. The molecule has 0 aliphatic carbocycles. The number of hydrogen-bond donors (Lipinski definition) is 1. The number of nitrogens with zero attached hydrogens (tertiary/aromatic N) is 1. The first-order chi connectivity index (χ1) is 8.85. The molecule has 0 aromatic heterocycles. The molecule has 1 aliphatic rings. The lowest BCUT2D eigenvalue weighted by molar-refractivity contribution is 0.131. The van der Waals surface area contributed by atoms with Crippen LogP contribution in [0.15, 0.2) is 30.3 Å². The monoisotopic (exact) mass is 242 g/mol. The molecule has 0 saturated carbocycles. The van der Waals surface area contributed by atoms with Gasteiger partial charge in [0.2, 0.25) is 0 Å². The number of terminal acetylenes is 1. The van der Waals surface area contributed by atoms with Crippen LogP contribution < -0.4 is 5.32 Å². The minimum Gasteiger partial charge on any atom is -0.311 e. The van der Waals surface area contributed by atoms with E-state index in [-0.39, 0.29) is 0 Å². The molecule has 18 heavy (non-hydrogen) atoms. The maximum absolute atomic E-state index is 5.40. The predicted molar refractivity (Wildman–Crippen MR) is 76.3 cm³/mol. The van der Waals surface area contributed by atoms with Crippen LogP contribution in [0.3, 0.4) is 0 Å². The number of piperazine rings is 1. The van der Waals surface area contributed by atoms with Crippen LogP contribution in [0.2, 0.25) is 0 Å². The molecule has 1 fully saturated rings. The van der Waals surface area contributed by atoms with Crippen LogP contribution >= 0.6 is 0 Å². The molecule has 1 aliphatic heterocycles. The molecule has 2 atom stereocenters. The van der Waals surface area contributed by atoms with Gasteiger partial charge in [-0.25, -0.2) is 0 Å². The summed E-state index contributed by atoms with van der Waals surface area (Å²) in [5, 5.41) is 3.63. The van der Waals surface area contributed by atoms with Gasteiger partial charge in [0.1, 0.15) is 0 Å². The zero-order valence-electron chi connectivity index (χ0n) is 11.1. The summed E-state index contributed by atoms with van der Waals surface area (Å²) >= 11 is 0. The van der Waals surface area contributed by atoms with Crippen molar-refractivity contribution >= 4 is 0 Å².